The molecule has 5 heteroatoms. The fraction of sp³-hybridized carbons (Fsp3) is 0.571. The first-order valence-corrected chi connectivity index (χ1v) is 6.85. The number of pyridine rings is 1. The van der Waals surface area contributed by atoms with Gasteiger partial charge in [0.15, 0.2) is 0 Å². The van der Waals surface area contributed by atoms with E-state index in [1.54, 1.807) is 13.1 Å². The normalized spacial score (nSPS) is 23.6. The number of hydrogen-bond acceptors (Lipinski definition) is 3. The highest BCUT2D eigenvalue weighted by molar-refractivity contribution is 5.94. The zero-order chi connectivity index (χ0) is 13.4. The van der Waals surface area contributed by atoms with Crippen molar-refractivity contribution in [2.24, 2.45) is 5.92 Å². The van der Waals surface area contributed by atoms with E-state index in [1.165, 1.54) is 0 Å². The topological polar surface area (TPSA) is 56.7 Å². The van der Waals surface area contributed by atoms with Crippen molar-refractivity contribution in [1.29, 1.82) is 0 Å². The lowest BCUT2D eigenvalue weighted by Gasteiger charge is -2.25. The predicted molar refractivity (Wildman–Crippen MR) is 72.0 cm³/mol. The van der Waals surface area contributed by atoms with E-state index in [0.29, 0.717) is 13.1 Å². The fourth-order valence-electron chi connectivity index (χ4n) is 2.93. The van der Waals surface area contributed by atoms with Crippen LogP contribution in [0.3, 0.4) is 0 Å². The number of anilines is 1. The molecule has 0 radical (unpaired) electrons. The first-order chi connectivity index (χ1) is 9.16. The maximum absolute atomic E-state index is 12.5. The second-order valence-corrected chi connectivity index (χ2v) is 5.39. The van der Waals surface area contributed by atoms with Gasteiger partial charge in [0.05, 0.1) is 17.5 Å². The SMILES string of the molecule is CC(O)C1CCN(C(=O)N2CCc3ncccc32)C1. The van der Waals surface area contributed by atoms with Crippen LogP contribution < -0.4 is 4.90 Å². The Kier molecular flexibility index (Phi) is 3.14. The average molecular weight is 261 g/mol. The Morgan fingerprint density at radius 1 is 1.53 bits per heavy atom. The van der Waals surface area contributed by atoms with Gasteiger partial charge in [-0.3, -0.25) is 9.88 Å². The van der Waals surface area contributed by atoms with E-state index < -0.39 is 0 Å². The van der Waals surface area contributed by atoms with Crippen LogP contribution in [-0.2, 0) is 6.42 Å². The molecule has 2 aliphatic heterocycles. The van der Waals surface area contributed by atoms with E-state index in [1.807, 2.05) is 21.9 Å². The lowest BCUT2D eigenvalue weighted by atomic mass is 10.0. The molecule has 1 aromatic heterocycles. The standard InChI is InChI=1S/C14H19N3O2/c1-10(18)11-4-7-16(9-11)14(19)17-8-5-12-13(17)3-2-6-15-12/h2-3,6,10-11,18H,4-5,7-9H2,1H3. The zero-order valence-corrected chi connectivity index (χ0v) is 11.1. The van der Waals surface area contributed by atoms with Crippen LogP contribution in [0.15, 0.2) is 18.3 Å². The molecule has 3 heterocycles. The summed E-state index contributed by atoms with van der Waals surface area (Å²) >= 11 is 0. The summed E-state index contributed by atoms with van der Waals surface area (Å²) in [6.07, 6.45) is 3.14. The molecule has 1 aromatic rings. The highest BCUT2D eigenvalue weighted by Gasteiger charge is 2.34. The van der Waals surface area contributed by atoms with Crippen LogP contribution in [0.5, 0.6) is 0 Å². The summed E-state index contributed by atoms with van der Waals surface area (Å²) in [5.41, 5.74) is 1.94. The number of aliphatic hydroxyl groups is 1. The molecule has 2 unspecified atom stereocenters. The van der Waals surface area contributed by atoms with Gasteiger partial charge in [0.1, 0.15) is 0 Å². The van der Waals surface area contributed by atoms with Gasteiger partial charge in [-0.25, -0.2) is 4.79 Å². The number of urea groups is 1. The van der Waals surface area contributed by atoms with Crippen LogP contribution >= 0.6 is 0 Å². The van der Waals surface area contributed by atoms with Gasteiger partial charge in [-0.05, 0) is 25.5 Å². The molecule has 2 atom stereocenters. The number of rotatable bonds is 1. The van der Waals surface area contributed by atoms with Crippen LogP contribution in [0.25, 0.3) is 0 Å². The van der Waals surface area contributed by atoms with Crippen LogP contribution in [0.1, 0.15) is 19.0 Å². The molecular formula is C14H19N3O2. The molecule has 1 saturated heterocycles. The third-order valence-corrected chi connectivity index (χ3v) is 4.14. The smallest absolute Gasteiger partial charge is 0.324 e. The summed E-state index contributed by atoms with van der Waals surface area (Å²) in [7, 11) is 0. The van der Waals surface area contributed by atoms with E-state index in [9.17, 15) is 9.90 Å². The Hall–Kier alpha value is -1.62. The number of amides is 2. The predicted octanol–water partition coefficient (Wildman–Crippen LogP) is 1.27. The van der Waals surface area contributed by atoms with Crippen molar-refractivity contribution in [3.05, 3.63) is 24.0 Å². The van der Waals surface area contributed by atoms with Crippen molar-refractivity contribution in [2.45, 2.75) is 25.9 Å². The molecule has 0 saturated carbocycles. The highest BCUT2D eigenvalue weighted by Crippen LogP contribution is 2.28. The lowest BCUT2D eigenvalue weighted by Crippen LogP contribution is -2.41. The van der Waals surface area contributed by atoms with Crippen molar-refractivity contribution in [2.75, 3.05) is 24.5 Å². The quantitative estimate of drug-likeness (QED) is 0.828. The molecule has 19 heavy (non-hydrogen) atoms. The minimum atomic E-state index is -0.342. The number of likely N-dealkylation sites (tertiary alicyclic amines) is 1. The summed E-state index contributed by atoms with van der Waals surface area (Å²) in [6.45, 7) is 3.90. The van der Waals surface area contributed by atoms with Gasteiger partial charge in [-0.2, -0.15) is 0 Å². The maximum atomic E-state index is 12.5. The second kappa shape index (κ2) is 4.81. The summed E-state index contributed by atoms with van der Waals surface area (Å²) in [4.78, 5) is 20.5. The van der Waals surface area contributed by atoms with E-state index >= 15 is 0 Å². The van der Waals surface area contributed by atoms with Crippen LogP contribution in [0.4, 0.5) is 10.5 Å². The minimum absolute atomic E-state index is 0.0508. The van der Waals surface area contributed by atoms with Gasteiger partial charge >= 0.3 is 6.03 Å². The van der Waals surface area contributed by atoms with Crippen molar-refractivity contribution in [3.63, 3.8) is 0 Å². The number of nitrogens with zero attached hydrogens (tertiary/aromatic N) is 3. The van der Waals surface area contributed by atoms with Gasteiger partial charge in [0, 0.05) is 38.2 Å². The van der Waals surface area contributed by atoms with Gasteiger partial charge < -0.3 is 10.0 Å². The third kappa shape index (κ3) is 2.18. The van der Waals surface area contributed by atoms with E-state index in [0.717, 1.165) is 30.8 Å². The molecule has 102 valence electrons. The average Bonchev–Trinajstić information content (AvgIpc) is 3.05. The number of hydrogen-bond donors (Lipinski definition) is 1. The Bertz CT molecular complexity index is 489. The monoisotopic (exact) mass is 261 g/mol. The maximum Gasteiger partial charge on any atom is 0.324 e. The molecule has 0 aromatic carbocycles. The first-order valence-electron chi connectivity index (χ1n) is 6.85. The van der Waals surface area contributed by atoms with Gasteiger partial charge in [-0.1, -0.05) is 0 Å². The number of fused-ring (bicyclic) bond motifs is 1. The Morgan fingerprint density at radius 3 is 3.11 bits per heavy atom. The fourth-order valence-corrected chi connectivity index (χ4v) is 2.93. The Morgan fingerprint density at radius 2 is 2.37 bits per heavy atom. The number of carbonyl (C=O) groups excluding carboxylic acids is 1. The molecule has 2 amide bonds. The molecule has 0 spiro atoms. The minimum Gasteiger partial charge on any atom is -0.393 e. The first kappa shape index (κ1) is 12.4. The van der Waals surface area contributed by atoms with Crippen LogP contribution in [0.2, 0.25) is 0 Å². The summed E-state index contributed by atoms with van der Waals surface area (Å²) < 4.78 is 0. The number of carbonyl (C=O) groups is 1. The molecule has 5 nitrogen and oxygen atoms in total. The zero-order valence-electron chi connectivity index (χ0n) is 11.1. The molecule has 0 bridgehead atoms. The molecule has 1 N–H and O–H groups in total. The summed E-state index contributed by atoms with van der Waals surface area (Å²) in [6, 6.07) is 3.87. The van der Waals surface area contributed by atoms with E-state index in [-0.39, 0.29) is 18.1 Å². The lowest BCUT2D eigenvalue weighted by molar-refractivity contribution is 0.129. The molecular weight excluding hydrogens is 242 g/mol. The summed E-state index contributed by atoms with van der Waals surface area (Å²) in [5.74, 6) is 0.208. The third-order valence-electron chi connectivity index (χ3n) is 4.14. The van der Waals surface area contributed by atoms with Gasteiger partial charge in [0.25, 0.3) is 0 Å². The number of aliphatic hydroxyl groups excluding tert-OH is 1. The van der Waals surface area contributed by atoms with Crippen molar-refractivity contribution in [3.8, 4) is 0 Å². The van der Waals surface area contributed by atoms with Crippen LogP contribution in [-0.4, -0.2) is 46.8 Å². The summed E-state index contributed by atoms with van der Waals surface area (Å²) in [5, 5.41) is 9.61. The Labute approximate surface area is 112 Å². The second-order valence-electron chi connectivity index (χ2n) is 5.39. The molecule has 0 aliphatic carbocycles. The van der Waals surface area contributed by atoms with Crippen LogP contribution in [0, 0.1) is 5.92 Å². The molecule has 1 fully saturated rings. The number of aromatic nitrogens is 1. The van der Waals surface area contributed by atoms with E-state index in [4.69, 9.17) is 0 Å². The highest BCUT2D eigenvalue weighted by atomic mass is 16.3. The largest absolute Gasteiger partial charge is 0.393 e. The van der Waals surface area contributed by atoms with Gasteiger partial charge in [-0.15, -0.1) is 0 Å². The Balaban J connectivity index is 1.73. The van der Waals surface area contributed by atoms with Crippen molar-refractivity contribution < 1.29 is 9.90 Å². The molecule has 2 aliphatic rings. The molecule has 3 rings (SSSR count). The van der Waals surface area contributed by atoms with Crippen molar-refractivity contribution in [1.82, 2.24) is 9.88 Å². The van der Waals surface area contributed by atoms with Gasteiger partial charge in [0.2, 0.25) is 0 Å². The van der Waals surface area contributed by atoms with Crippen molar-refractivity contribution >= 4 is 11.7 Å². The van der Waals surface area contributed by atoms with E-state index in [2.05, 4.69) is 4.98 Å².